The zero-order valence-electron chi connectivity index (χ0n) is 17.2. The Balaban J connectivity index is 1.77. The van der Waals surface area contributed by atoms with Crippen LogP contribution in [0.5, 0.6) is 0 Å². The second kappa shape index (κ2) is 8.63. The van der Waals surface area contributed by atoms with Gasteiger partial charge in [-0.05, 0) is 41.9 Å². The molecule has 5 heteroatoms. The molecule has 1 atom stereocenters. The minimum absolute atomic E-state index is 0.000284. The van der Waals surface area contributed by atoms with Crippen molar-refractivity contribution in [2.75, 3.05) is 18.4 Å². The number of anilines is 1. The number of likely N-dealkylation sites (tertiary alicyclic amines) is 1. The first kappa shape index (κ1) is 20.2. The molecule has 1 aliphatic rings. The summed E-state index contributed by atoms with van der Waals surface area (Å²) >= 11 is 0. The maximum Gasteiger partial charge on any atom is 0.257 e. The number of carbonyl (C=O) groups excluding carboxylic acids is 2. The van der Waals surface area contributed by atoms with Crippen molar-refractivity contribution in [3.63, 3.8) is 0 Å². The van der Waals surface area contributed by atoms with E-state index in [9.17, 15) is 9.59 Å². The van der Waals surface area contributed by atoms with Gasteiger partial charge in [0.1, 0.15) is 6.26 Å². The van der Waals surface area contributed by atoms with Crippen molar-refractivity contribution in [3.8, 4) is 0 Å². The summed E-state index contributed by atoms with van der Waals surface area (Å²) in [6.07, 6.45) is 4.57. The summed E-state index contributed by atoms with van der Waals surface area (Å²) in [4.78, 5) is 27.5. The molecule has 0 radical (unpaired) electrons. The van der Waals surface area contributed by atoms with Gasteiger partial charge in [-0.2, -0.15) is 0 Å². The van der Waals surface area contributed by atoms with Gasteiger partial charge in [-0.15, -0.1) is 0 Å². The highest BCUT2D eigenvalue weighted by Gasteiger charge is 2.30. The van der Waals surface area contributed by atoms with Crippen LogP contribution >= 0.6 is 0 Å². The molecule has 3 rings (SSSR count). The lowest BCUT2D eigenvalue weighted by Gasteiger charge is -2.32. The highest BCUT2D eigenvalue weighted by molar-refractivity contribution is 5.97. The van der Waals surface area contributed by atoms with E-state index < -0.39 is 0 Å². The van der Waals surface area contributed by atoms with Crippen LogP contribution in [0.1, 0.15) is 73.9 Å². The number of benzene rings is 1. The molecule has 1 saturated heterocycles. The highest BCUT2D eigenvalue weighted by atomic mass is 16.3. The predicted octanol–water partition coefficient (Wildman–Crippen LogP) is 5.02. The van der Waals surface area contributed by atoms with Crippen molar-refractivity contribution in [1.82, 2.24) is 4.90 Å². The van der Waals surface area contributed by atoms with E-state index in [2.05, 4.69) is 51.2 Å². The Morgan fingerprint density at radius 1 is 1.11 bits per heavy atom. The van der Waals surface area contributed by atoms with Crippen LogP contribution in [-0.2, 0) is 4.79 Å². The number of hydrogen-bond donors (Lipinski definition) is 1. The summed E-state index contributed by atoms with van der Waals surface area (Å²) in [5.41, 5.74) is 3.78. The Bertz CT molecular complexity index is 798. The number of amides is 2. The monoisotopic (exact) mass is 382 g/mol. The largest absolute Gasteiger partial charge is 0.472 e. The number of furan rings is 1. The van der Waals surface area contributed by atoms with Crippen LogP contribution in [0.4, 0.5) is 5.69 Å². The highest BCUT2D eigenvalue weighted by Crippen LogP contribution is 2.33. The van der Waals surface area contributed by atoms with Crippen molar-refractivity contribution in [1.29, 1.82) is 0 Å². The number of para-hydroxylation sites is 1. The van der Waals surface area contributed by atoms with E-state index in [4.69, 9.17) is 4.42 Å². The number of rotatable bonds is 5. The molecule has 0 bridgehead atoms. The Morgan fingerprint density at radius 3 is 2.36 bits per heavy atom. The smallest absolute Gasteiger partial charge is 0.257 e. The lowest BCUT2D eigenvalue weighted by atomic mass is 9.91. The molecular formula is C23H30N2O3. The van der Waals surface area contributed by atoms with Crippen LogP contribution < -0.4 is 5.32 Å². The maximum absolute atomic E-state index is 13.1. The average Bonchev–Trinajstić information content (AvgIpc) is 3.22. The Labute approximate surface area is 167 Å². The molecule has 0 saturated carbocycles. The molecule has 1 N–H and O–H groups in total. The lowest BCUT2D eigenvalue weighted by Crippen LogP contribution is -2.43. The van der Waals surface area contributed by atoms with Gasteiger partial charge in [0, 0.05) is 18.8 Å². The summed E-state index contributed by atoms with van der Waals surface area (Å²) in [6, 6.07) is 7.90. The topological polar surface area (TPSA) is 62.6 Å². The van der Waals surface area contributed by atoms with E-state index in [1.54, 1.807) is 11.0 Å². The normalized spacial score (nSPS) is 17.2. The fourth-order valence-corrected chi connectivity index (χ4v) is 3.86. The lowest BCUT2D eigenvalue weighted by molar-refractivity contribution is -0.121. The second-order valence-electron chi connectivity index (χ2n) is 8.21. The van der Waals surface area contributed by atoms with E-state index in [0.29, 0.717) is 30.5 Å². The zero-order chi connectivity index (χ0) is 20.3. The molecule has 1 aromatic heterocycles. The predicted molar refractivity (Wildman–Crippen MR) is 111 cm³/mol. The number of hydrogen-bond acceptors (Lipinski definition) is 3. The van der Waals surface area contributed by atoms with Gasteiger partial charge < -0.3 is 14.6 Å². The second-order valence-corrected chi connectivity index (χ2v) is 8.21. The molecule has 0 aliphatic carbocycles. The van der Waals surface area contributed by atoms with Crippen LogP contribution in [0.2, 0.25) is 0 Å². The molecule has 28 heavy (non-hydrogen) atoms. The van der Waals surface area contributed by atoms with Gasteiger partial charge >= 0.3 is 0 Å². The average molecular weight is 383 g/mol. The summed E-state index contributed by atoms with van der Waals surface area (Å²) in [5, 5.41) is 3.21. The minimum Gasteiger partial charge on any atom is -0.472 e. The standard InChI is InChI=1S/C23H30N2O3/c1-15(2)19-8-5-9-20(16(3)4)21(19)24-22(26)17-7-6-11-25(13-17)23(27)18-10-12-28-14-18/h5,8-10,12,14-17H,6-7,11,13H2,1-4H3,(H,24,26)/t17-/m1/s1. The van der Waals surface area contributed by atoms with E-state index >= 15 is 0 Å². The Hall–Kier alpha value is -2.56. The van der Waals surface area contributed by atoms with Crippen LogP contribution in [0.3, 0.4) is 0 Å². The van der Waals surface area contributed by atoms with Crippen molar-refractivity contribution in [2.24, 2.45) is 5.92 Å². The van der Waals surface area contributed by atoms with Gasteiger partial charge in [-0.25, -0.2) is 0 Å². The van der Waals surface area contributed by atoms with E-state index in [1.807, 2.05) is 0 Å². The molecule has 2 heterocycles. The van der Waals surface area contributed by atoms with Gasteiger partial charge in [0.25, 0.3) is 5.91 Å². The number of nitrogens with one attached hydrogen (secondary N) is 1. The van der Waals surface area contributed by atoms with Crippen LogP contribution in [0, 0.1) is 5.92 Å². The molecule has 2 amide bonds. The molecule has 1 aromatic carbocycles. The van der Waals surface area contributed by atoms with E-state index in [-0.39, 0.29) is 17.7 Å². The summed E-state index contributed by atoms with van der Waals surface area (Å²) in [5.74, 6) is 0.361. The first-order valence-corrected chi connectivity index (χ1v) is 10.1. The third-order valence-electron chi connectivity index (χ3n) is 5.47. The SMILES string of the molecule is CC(C)c1cccc(C(C)C)c1NC(=O)[C@@H]1CCCN(C(=O)c2ccoc2)C1. The van der Waals surface area contributed by atoms with Crippen LogP contribution in [-0.4, -0.2) is 29.8 Å². The summed E-state index contributed by atoms with van der Waals surface area (Å²) < 4.78 is 5.02. The van der Waals surface area contributed by atoms with Gasteiger partial charge in [-0.3, -0.25) is 9.59 Å². The molecule has 5 nitrogen and oxygen atoms in total. The zero-order valence-corrected chi connectivity index (χ0v) is 17.2. The third kappa shape index (κ3) is 4.29. The molecular weight excluding hydrogens is 352 g/mol. The Morgan fingerprint density at radius 2 is 1.79 bits per heavy atom. The Kier molecular flexibility index (Phi) is 6.22. The van der Waals surface area contributed by atoms with Crippen molar-refractivity contribution >= 4 is 17.5 Å². The van der Waals surface area contributed by atoms with Gasteiger partial charge in [0.15, 0.2) is 0 Å². The fraction of sp³-hybridized carbons (Fsp3) is 0.478. The summed E-state index contributed by atoms with van der Waals surface area (Å²) in [6.45, 7) is 9.68. The summed E-state index contributed by atoms with van der Waals surface area (Å²) in [7, 11) is 0. The fourth-order valence-electron chi connectivity index (χ4n) is 3.86. The van der Waals surface area contributed by atoms with Crippen LogP contribution in [0.25, 0.3) is 0 Å². The third-order valence-corrected chi connectivity index (χ3v) is 5.47. The first-order valence-electron chi connectivity index (χ1n) is 10.1. The van der Waals surface area contributed by atoms with Gasteiger partial charge in [0.05, 0.1) is 17.7 Å². The van der Waals surface area contributed by atoms with E-state index in [0.717, 1.165) is 29.7 Å². The molecule has 0 unspecified atom stereocenters. The molecule has 1 fully saturated rings. The van der Waals surface area contributed by atoms with Gasteiger partial charge in [0.2, 0.25) is 5.91 Å². The first-order chi connectivity index (χ1) is 13.4. The quantitative estimate of drug-likeness (QED) is 0.790. The van der Waals surface area contributed by atoms with Gasteiger partial charge in [-0.1, -0.05) is 45.9 Å². The molecule has 2 aromatic rings. The maximum atomic E-state index is 13.1. The number of piperidine rings is 1. The minimum atomic E-state index is -0.204. The van der Waals surface area contributed by atoms with E-state index in [1.165, 1.54) is 12.5 Å². The van der Waals surface area contributed by atoms with Crippen molar-refractivity contribution in [3.05, 3.63) is 53.5 Å². The molecule has 150 valence electrons. The number of carbonyl (C=O) groups is 2. The van der Waals surface area contributed by atoms with Crippen molar-refractivity contribution < 1.29 is 14.0 Å². The number of nitrogens with zero attached hydrogens (tertiary/aromatic N) is 1. The molecule has 0 spiro atoms. The van der Waals surface area contributed by atoms with Crippen LogP contribution in [0.15, 0.2) is 41.2 Å². The molecule has 1 aliphatic heterocycles. The van der Waals surface area contributed by atoms with Crippen molar-refractivity contribution in [2.45, 2.75) is 52.4 Å².